The maximum Gasteiger partial charge on any atom is 0.254 e. The number of nitrogens with zero attached hydrogens (tertiary/aromatic N) is 7. The summed E-state index contributed by atoms with van der Waals surface area (Å²) in [4.78, 5) is 66.6. The fourth-order valence-corrected chi connectivity index (χ4v) is 7.96. The van der Waals surface area contributed by atoms with Crippen molar-refractivity contribution in [1.82, 2.24) is 49.9 Å². The highest BCUT2D eigenvalue weighted by molar-refractivity contribution is 5.95. The van der Waals surface area contributed by atoms with Crippen LogP contribution in [0.25, 0.3) is 16.9 Å². The van der Waals surface area contributed by atoms with Gasteiger partial charge < -0.3 is 40.3 Å². The molecule has 1 aliphatic carbocycles. The molecule has 0 radical (unpaired) electrons. The minimum atomic E-state index is -0.722. The van der Waals surface area contributed by atoms with Crippen molar-refractivity contribution in [2.24, 2.45) is 5.41 Å². The fraction of sp³-hybridized carbons (Fsp3) is 0.568. The molecule has 7 rings (SSSR count). The van der Waals surface area contributed by atoms with E-state index in [9.17, 15) is 24.3 Å². The maximum absolute atomic E-state index is 15.6. The fourth-order valence-electron chi connectivity index (χ4n) is 7.96. The van der Waals surface area contributed by atoms with Crippen molar-refractivity contribution in [2.45, 2.75) is 83.9 Å². The topological polar surface area (TPSA) is 212 Å². The number of carbonyl (C=O) groups is 4. The first-order valence-corrected chi connectivity index (χ1v) is 21.9. The summed E-state index contributed by atoms with van der Waals surface area (Å²) in [5, 5.41) is 25.8. The average molecular weight is 874 g/mol. The molecule has 0 bridgehead atoms. The Kier molecular flexibility index (Phi) is 14.7. The van der Waals surface area contributed by atoms with Gasteiger partial charge in [-0.25, -0.2) is 14.4 Å². The lowest BCUT2D eigenvalue weighted by molar-refractivity contribution is -0.140. The third kappa shape index (κ3) is 11.8. The van der Waals surface area contributed by atoms with Crippen molar-refractivity contribution in [3.63, 3.8) is 0 Å². The summed E-state index contributed by atoms with van der Waals surface area (Å²) in [5.74, 6) is -0.656. The zero-order chi connectivity index (χ0) is 44.7. The standard InChI is InChI=1S/C44H60FN11O7/c1-28-21-32(57)26-55(28)43(61)39(44(2,3)4)52-38(59)10-18-63-20-19-62-17-9-37(58)46-11-12-53-13-15-54(16-14-53)42(60)30-7-8-34(33(45)22-30)50-40-41-47-25-36(31-23-48-49-24-31)56(41)27-35(51-40)29-5-6-29/h7-8,22-25,27-29,32,39,57H,5-6,9-21,26H2,1-4H3,(H,46,58)(H,48,49)(H,50,51)(H,52,59)/t28-,32-,39-/m1/s1. The van der Waals surface area contributed by atoms with Crippen LogP contribution >= 0.6 is 0 Å². The van der Waals surface area contributed by atoms with Gasteiger partial charge in [0, 0.05) is 94.1 Å². The van der Waals surface area contributed by atoms with Crippen LogP contribution in [0.4, 0.5) is 15.9 Å². The molecule has 5 heterocycles. The molecule has 2 saturated heterocycles. The van der Waals surface area contributed by atoms with E-state index in [2.05, 4.69) is 36.0 Å². The number of benzene rings is 1. The van der Waals surface area contributed by atoms with E-state index in [1.807, 2.05) is 38.3 Å². The molecule has 5 N–H and O–H groups in total. The van der Waals surface area contributed by atoms with Gasteiger partial charge in [0.15, 0.2) is 11.5 Å². The molecule has 63 heavy (non-hydrogen) atoms. The Balaban J connectivity index is 0.756. The van der Waals surface area contributed by atoms with Gasteiger partial charge in [-0.15, -0.1) is 0 Å². The lowest BCUT2D eigenvalue weighted by atomic mass is 9.85. The molecule has 1 saturated carbocycles. The van der Waals surface area contributed by atoms with Gasteiger partial charge in [0.25, 0.3) is 5.91 Å². The second-order valence-electron chi connectivity index (χ2n) is 17.7. The lowest BCUT2D eigenvalue weighted by Crippen LogP contribution is -2.55. The number of amides is 4. The summed E-state index contributed by atoms with van der Waals surface area (Å²) in [7, 11) is 0. The number of imidazole rings is 1. The molecule has 0 unspecified atom stereocenters. The smallest absolute Gasteiger partial charge is 0.254 e. The van der Waals surface area contributed by atoms with E-state index < -0.39 is 23.4 Å². The number of likely N-dealkylation sites (tertiary alicyclic amines) is 1. The Hall–Kier alpha value is -5.50. The van der Waals surface area contributed by atoms with Crippen LogP contribution in [0.15, 0.2) is 43.0 Å². The molecule has 340 valence electrons. The zero-order valence-corrected chi connectivity index (χ0v) is 36.6. The minimum Gasteiger partial charge on any atom is -0.391 e. The summed E-state index contributed by atoms with van der Waals surface area (Å²) in [6, 6.07) is 3.63. The summed E-state index contributed by atoms with van der Waals surface area (Å²) >= 11 is 0. The van der Waals surface area contributed by atoms with E-state index in [1.54, 1.807) is 40.5 Å². The third-order valence-corrected chi connectivity index (χ3v) is 11.8. The van der Waals surface area contributed by atoms with Crippen LogP contribution in [0.1, 0.15) is 81.8 Å². The first kappa shape index (κ1) is 45.5. The van der Waals surface area contributed by atoms with Crippen LogP contribution in [0.2, 0.25) is 0 Å². The quantitative estimate of drug-likeness (QED) is 0.0862. The van der Waals surface area contributed by atoms with Crippen LogP contribution in [-0.2, 0) is 23.9 Å². The SMILES string of the molecule is C[C@@H]1C[C@@H](O)CN1C(=O)[C@@H](NC(=O)CCOCCOCCC(=O)NCCN1CCN(C(=O)c2ccc(Nc3nc(C4CC4)cn4c(-c5cn[nH]c5)cnc34)c(F)c2)CC1)C(C)(C)C. The number of anilines is 2. The summed E-state index contributed by atoms with van der Waals surface area (Å²) in [5.41, 5.74) is 3.11. The number of nitrogens with one attached hydrogen (secondary N) is 4. The Morgan fingerprint density at radius 1 is 1.00 bits per heavy atom. The van der Waals surface area contributed by atoms with Crippen LogP contribution in [0.5, 0.6) is 0 Å². The van der Waals surface area contributed by atoms with Crippen LogP contribution < -0.4 is 16.0 Å². The van der Waals surface area contributed by atoms with E-state index >= 15 is 4.39 Å². The molecule has 2 aliphatic heterocycles. The Labute approximate surface area is 366 Å². The van der Waals surface area contributed by atoms with E-state index in [0.717, 1.165) is 29.8 Å². The highest BCUT2D eigenvalue weighted by Gasteiger charge is 2.40. The number of aliphatic hydroxyl groups excluding tert-OH is 1. The number of hydrogen-bond donors (Lipinski definition) is 5. The van der Waals surface area contributed by atoms with Crippen molar-refractivity contribution < 1.29 is 38.1 Å². The molecular formula is C44H60FN11O7. The second-order valence-corrected chi connectivity index (χ2v) is 17.7. The number of ether oxygens (including phenoxy) is 2. The number of β-amino-alcohol motifs (C(OH)–C–C–N with tert-alkyl or cyclic N) is 1. The maximum atomic E-state index is 15.6. The van der Waals surface area contributed by atoms with Crippen LogP contribution in [-0.4, -0.2) is 158 Å². The van der Waals surface area contributed by atoms with Crippen molar-refractivity contribution in [3.05, 3.63) is 60.1 Å². The molecule has 4 aromatic rings. The number of fused-ring (bicyclic) bond motifs is 1. The van der Waals surface area contributed by atoms with Gasteiger partial charge in [0.2, 0.25) is 17.7 Å². The van der Waals surface area contributed by atoms with E-state index in [4.69, 9.17) is 14.5 Å². The Bertz CT molecular complexity index is 2220. The first-order chi connectivity index (χ1) is 30.2. The number of hydrogen-bond acceptors (Lipinski definition) is 12. The summed E-state index contributed by atoms with van der Waals surface area (Å²) in [6.45, 7) is 12.0. The first-order valence-electron chi connectivity index (χ1n) is 21.9. The lowest BCUT2D eigenvalue weighted by Gasteiger charge is -2.35. The summed E-state index contributed by atoms with van der Waals surface area (Å²) in [6.07, 6.45) is 9.57. The molecule has 4 amide bonds. The van der Waals surface area contributed by atoms with E-state index in [0.29, 0.717) is 63.1 Å². The molecular weight excluding hydrogens is 814 g/mol. The van der Waals surface area contributed by atoms with Crippen LogP contribution in [0, 0.1) is 11.2 Å². The zero-order valence-electron chi connectivity index (χ0n) is 36.6. The molecule has 19 heteroatoms. The largest absolute Gasteiger partial charge is 0.391 e. The monoisotopic (exact) mass is 873 g/mol. The molecule has 0 spiro atoms. The van der Waals surface area contributed by atoms with Gasteiger partial charge in [0.1, 0.15) is 11.9 Å². The van der Waals surface area contributed by atoms with Crippen molar-refractivity contribution in [2.75, 3.05) is 77.6 Å². The second kappa shape index (κ2) is 20.3. The molecule has 18 nitrogen and oxygen atoms in total. The van der Waals surface area contributed by atoms with Gasteiger partial charge in [0.05, 0.1) is 62.0 Å². The number of aliphatic hydroxyl groups is 1. The molecule has 3 atom stereocenters. The summed E-state index contributed by atoms with van der Waals surface area (Å²) < 4.78 is 28.6. The Morgan fingerprint density at radius 2 is 1.73 bits per heavy atom. The minimum absolute atomic E-state index is 0.0821. The predicted octanol–water partition coefficient (Wildman–Crippen LogP) is 3.08. The third-order valence-electron chi connectivity index (χ3n) is 11.8. The van der Waals surface area contributed by atoms with Crippen molar-refractivity contribution in [3.8, 4) is 11.3 Å². The normalized spacial score (nSPS) is 18.8. The number of aromatic amines is 1. The molecule has 1 aromatic carbocycles. The highest BCUT2D eigenvalue weighted by Crippen LogP contribution is 2.40. The van der Waals surface area contributed by atoms with Gasteiger partial charge in [-0.3, -0.25) is 33.6 Å². The van der Waals surface area contributed by atoms with Crippen molar-refractivity contribution >= 4 is 40.8 Å². The highest BCUT2D eigenvalue weighted by atomic mass is 19.1. The van der Waals surface area contributed by atoms with Gasteiger partial charge >= 0.3 is 0 Å². The number of piperazine rings is 1. The number of halogens is 1. The van der Waals surface area contributed by atoms with E-state index in [-0.39, 0.29) is 86.7 Å². The van der Waals surface area contributed by atoms with Gasteiger partial charge in [-0.05, 0) is 49.8 Å². The van der Waals surface area contributed by atoms with Crippen LogP contribution in [0.3, 0.4) is 0 Å². The molecule has 3 fully saturated rings. The van der Waals surface area contributed by atoms with Crippen molar-refractivity contribution in [1.29, 1.82) is 0 Å². The van der Waals surface area contributed by atoms with E-state index in [1.165, 1.54) is 6.07 Å². The predicted molar refractivity (Wildman–Crippen MR) is 232 cm³/mol. The van der Waals surface area contributed by atoms with Gasteiger partial charge in [-0.2, -0.15) is 5.10 Å². The number of H-pyrrole nitrogens is 1. The average Bonchev–Trinajstić information content (AvgIpc) is 3.60. The Morgan fingerprint density at radius 3 is 2.37 bits per heavy atom. The molecule has 3 aromatic heterocycles. The number of carbonyl (C=O) groups excluding carboxylic acids is 4. The van der Waals surface area contributed by atoms with Gasteiger partial charge in [-0.1, -0.05) is 20.8 Å². The molecule has 3 aliphatic rings. The number of rotatable bonds is 19. The number of aromatic nitrogens is 5.